The molecule has 2 saturated heterocycles. The summed E-state index contributed by atoms with van der Waals surface area (Å²) in [5.74, 6) is -11.7. The number of likely N-dealkylation sites (tertiary alicyclic amines) is 1. The van der Waals surface area contributed by atoms with Gasteiger partial charge in [0.15, 0.2) is 0 Å². The van der Waals surface area contributed by atoms with Crippen molar-refractivity contribution in [1.29, 1.82) is 0 Å². The van der Waals surface area contributed by atoms with Crippen molar-refractivity contribution in [1.82, 2.24) is 82.7 Å². The number of carbonyl (C=O) groups is 13. The highest BCUT2D eigenvalue weighted by atomic mass is 16.4. The molecule has 508 valence electrons. The molecular weight excluding hydrogens is 1240 g/mol. The summed E-state index contributed by atoms with van der Waals surface area (Å²) in [7, 11) is 0. The van der Waals surface area contributed by atoms with Gasteiger partial charge in [-0.3, -0.25) is 62.3 Å². The number of unbranched alkanes of at least 4 members (excludes halogenated alkanes) is 1. The number of imidazole rings is 2. The highest BCUT2D eigenvalue weighted by Crippen LogP contribution is 2.23. The van der Waals surface area contributed by atoms with E-state index in [0.717, 1.165) is 6.92 Å². The largest absolute Gasteiger partial charge is 0.481 e. The van der Waals surface area contributed by atoms with Gasteiger partial charge in [-0.25, -0.2) is 9.97 Å². The zero-order chi connectivity index (χ0) is 68.7. The van der Waals surface area contributed by atoms with Crippen LogP contribution in [-0.4, -0.2) is 208 Å². The van der Waals surface area contributed by atoms with Gasteiger partial charge in [0.25, 0.3) is 5.97 Å². The number of fused-ring (bicyclic) bond motifs is 2. The third kappa shape index (κ3) is 20.7. The van der Waals surface area contributed by atoms with Crippen LogP contribution in [-0.2, 0) is 88.0 Å². The molecule has 0 spiro atoms. The highest BCUT2D eigenvalue weighted by molar-refractivity contribution is 6.00. The van der Waals surface area contributed by atoms with Gasteiger partial charge in [0.1, 0.15) is 54.4 Å². The Morgan fingerprint density at radius 3 is 1.56 bits per heavy atom. The van der Waals surface area contributed by atoms with Crippen LogP contribution in [0.4, 0.5) is 0 Å². The van der Waals surface area contributed by atoms with Crippen molar-refractivity contribution in [2.75, 3.05) is 26.2 Å². The molecule has 11 amide bonds. The first-order valence-electron chi connectivity index (χ1n) is 30.6. The van der Waals surface area contributed by atoms with E-state index in [2.05, 4.69) is 77.8 Å². The second-order valence-corrected chi connectivity index (χ2v) is 22.7. The highest BCUT2D eigenvalue weighted by Gasteiger charge is 2.40. The van der Waals surface area contributed by atoms with Crippen LogP contribution in [0.5, 0.6) is 0 Å². The number of aromatic nitrogens is 6. The van der Waals surface area contributed by atoms with Gasteiger partial charge in [0.2, 0.25) is 65.0 Å². The van der Waals surface area contributed by atoms with Crippen molar-refractivity contribution in [3.05, 3.63) is 108 Å². The number of aliphatic hydroxyl groups excluding tert-OH is 1. The summed E-state index contributed by atoms with van der Waals surface area (Å²) in [6, 6.07) is 0.988. The molecule has 2 fully saturated rings. The molecule has 34 heteroatoms. The number of nitrogens with two attached hydrogens (primary N) is 2. The number of aliphatic carboxylic acids is 2. The van der Waals surface area contributed by atoms with E-state index >= 15 is 0 Å². The molecule has 6 heterocycles. The first kappa shape index (κ1) is 71.4. The van der Waals surface area contributed by atoms with Crippen LogP contribution in [0.15, 0.2) is 86.0 Å². The molecule has 4 aromatic heterocycles. The van der Waals surface area contributed by atoms with E-state index in [-0.39, 0.29) is 69.6 Å². The number of benzene rings is 2. The molecule has 0 bridgehead atoms. The SMILES string of the molecule is CC(=O)O.NCCCCC(NC(=O)C(Cc1c[nH]c2ccccc12)NC(=O)C(CC(=O)O)NC(=O)C(Cc1cnc[nH]1)NC(=O)C(CO)NC(=O)C(Cc1c[nH]c2ccccc12)NC(=O)C(Cc1cnc[nH]1)NC(=O)C1CCC(=O)N1)C(=O)N1CCCC1C(=O)NCC(N)=O. The number of carbonyl (C=O) groups excluding carboxylic acids is 11. The van der Waals surface area contributed by atoms with Crippen molar-refractivity contribution in [2.24, 2.45) is 11.5 Å². The second-order valence-electron chi connectivity index (χ2n) is 22.7. The zero-order valence-corrected chi connectivity index (χ0v) is 51.7. The van der Waals surface area contributed by atoms with Gasteiger partial charge in [-0.15, -0.1) is 0 Å². The predicted octanol–water partition coefficient (Wildman–Crippen LogP) is -3.68. The minimum atomic E-state index is -1.96. The van der Waals surface area contributed by atoms with Crippen LogP contribution < -0.4 is 59.3 Å². The van der Waals surface area contributed by atoms with Gasteiger partial charge in [-0.1, -0.05) is 36.4 Å². The topological polar surface area (TPSA) is 535 Å². The number of aliphatic hydroxyl groups is 1. The maximum atomic E-state index is 14.7. The van der Waals surface area contributed by atoms with E-state index in [1.54, 1.807) is 60.9 Å². The first-order chi connectivity index (χ1) is 45.5. The molecule has 0 saturated carbocycles. The zero-order valence-electron chi connectivity index (χ0n) is 51.7. The van der Waals surface area contributed by atoms with Crippen LogP contribution in [0.3, 0.4) is 0 Å². The maximum absolute atomic E-state index is 14.7. The van der Waals surface area contributed by atoms with E-state index < -0.39 is 151 Å². The summed E-state index contributed by atoms with van der Waals surface area (Å²) in [6.07, 6.45) is 8.31. The lowest BCUT2D eigenvalue weighted by Gasteiger charge is -2.30. The lowest BCUT2D eigenvalue weighted by Crippen LogP contribution is -2.61. The molecule has 9 atom stereocenters. The number of carboxylic acids is 2. The number of H-pyrrole nitrogens is 4. The fourth-order valence-electron chi connectivity index (χ4n) is 11.0. The molecule has 95 heavy (non-hydrogen) atoms. The predicted molar refractivity (Wildman–Crippen MR) is 336 cm³/mol. The van der Waals surface area contributed by atoms with Gasteiger partial charge >= 0.3 is 5.97 Å². The molecule has 20 N–H and O–H groups in total. The number of primary amides is 1. The number of carboxylic acid groups (broad SMARTS) is 2. The first-order valence-corrected chi connectivity index (χ1v) is 30.6. The Kier molecular flexibility index (Phi) is 26.0. The van der Waals surface area contributed by atoms with E-state index in [1.165, 1.54) is 29.9 Å². The standard InChI is InChI=1S/C59H74N18O14.C2H4O2/c60-16-6-5-12-40(59(91)77-17-7-13-47(77)58(90)66-27-48(61)79)70-52(84)41(18-31-23-64-37-10-3-1-8-35(31)37)72-56(88)45(22-50(81)82)75-55(87)44(21-34-26-63-30-68-34)74-57(89)46(28-78)76-53(85)42(19-32-24-65-38-11-4-2-9-36(32)38)71-54(86)43(20-33-25-62-29-67-33)73-51(83)39-14-15-49(80)69-39;1-2(3)4/h1-4,8-11,23-26,29-30,39-47,64-65,78H,5-7,12-22,27-28,60H2,(H2,61,79)(H,62,67)(H,63,68)(H,66,90)(H,69,80)(H,70,84)(H,71,86)(H,72,88)(H,73,83)(H,74,89)(H,75,87)(H,76,85)(H,81,82);1H3,(H,3,4). The van der Waals surface area contributed by atoms with Crippen molar-refractivity contribution in [3.63, 3.8) is 0 Å². The van der Waals surface area contributed by atoms with Gasteiger partial charge in [0, 0.05) is 104 Å². The molecule has 6 aromatic rings. The lowest BCUT2D eigenvalue weighted by molar-refractivity contribution is -0.143. The van der Waals surface area contributed by atoms with Gasteiger partial charge in [-0.05, 0) is 68.3 Å². The normalized spacial score (nSPS) is 16.4. The van der Waals surface area contributed by atoms with Crippen LogP contribution >= 0.6 is 0 Å². The Hall–Kier alpha value is -11.0. The summed E-state index contributed by atoms with van der Waals surface area (Å²) in [5.41, 5.74) is 14.1. The van der Waals surface area contributed by atoms with Gasteiger partial charge in [0.05, 0.1) is 32.2 Å². The smallest absolute Gasteiger partial charge is 0.305 e. The molecule has 0 aliphatic carbocycles. The Morgan fingerprint density at radius 1 is 0.611 bits per heavy atom. The van der Waals surface area contributed by atoms with Crippen molar-refractivity contribution >= 4 is 98.7 Å². The van der Waals surface area contributed by atoms with E-state index in [1.807, 2.05) is 0 Å². The molecule has 2 aliphatic heterocycles. The molecule has 9 unspecified atom stereocenters. The Labute approximate surface area is 541 Å². The molecule has 0 radical (unpaired) electrons. The lowest BCUT2D eigenvalue weighted by atomic mass is 10.0. The molecule has 34 nitrogen and oxygen atoms in total. The summed E-state index contributed by atoms with van der Waals surface area (Å²) >= 11 is 0. The van der Waals surface area contributed by atoms with E-state index in [9.17, 15) is 67.7 Å². The van der Waals surface area contributed by atoms with Crippen LogP contribution in [0, 0.1) is 0 Å². The Balaban J connectivity index is 0.00000310. The molecular formula is C61H78N18O16. The average Bonchev–Trinajstić information content (AvgIpc) is 1.76. The monoisotopic (exact) mass is 1320 g/mol. The van der Waals surface area contributed by atoms with E-state index in [4.69, 9.17) is 21.4 Å². The minimum absolute atomic E-state index is 0.0461. The number of para-hydroxylation sites is 2. The third-order valence-corrected chi connectivity index (χ3v) is 15.7. The van der Waals surface area contributed by atoms with Crippen LogP contribution in [0.2, 0.25) is 0 Å². The number of amides is 11. The number of aromatic amines is 4. The fourth-order valence-corrected chi connectivity index (χ4v) is 11.0. The van der Waals surface area contributed by atoms with Crippen LogP contribution in [0.1, 0.15) is 80.8 Å². The number of nitrogens with zero attached hydrogens (tertiary/aromatic N) is 3. The number of hydrogen-bond donors (Lipinski definition) is 18. The van der Waals surface area contributed by atoms with Crippen molar-refractivity contribution < 1.29 is 77.6 Å². The van der Waals surface area contributed by atoms with Gasteiger partial charge < -0.3 is 99.5 Å². The Bertz CT molecular complexity index is 3700. The fraction of sp³-hybridized carbons (Fsp3) is 0.426. The number of hydrogen-bond acceptors (Lipinski definition) is 17. The average molecular weight is 1320 g/mol. The molecule has 2 aromatic carbocycles. The number of nitrogens with one attached hydrogen (secondary N) is 13. The van der Waals surface area contributed by atoms with Gasteiger partial charge in [-0.2, -0.15) is 0 Å². The van der Waals surface area contributed by atoms with E-state index in [0.29, 0.717) is 57.9 Å². The Morgan fingerprint density at radius 2 is 1.08 bits per heavy atom. The molecule has 8 rings (SSSR count). The van der Waals surface area contributed by atoms with Crippen LogP contribution in [0.25, 0.3) is 21.8 Å². The summed E-state index contributed by atoms with van der Waals surface area (Å²) in [5, 5.41) is 52.6. The van der Waals surface area contributed by atoms with Crippen molar-refractivity contribution in [2.45, 2.75) is 138 Å². The maximum Gasteiger partial charge on any atom is 0.305 e. The third-order valence-electron chi connectivity index (χ3n) is 15.7. The second kappa shape index (κ2) is 34.6. The summed E-state index contributed by atoms with van der Waals surface area (Å²) < 4.78 is 0. The summed E-state index contributed by atoms with van der Waals surface area (Å²) in [4.78, 5) is 194. The summed E-state index contributed by atoms with van der Waals surface area (Å²) in [6.45, 7) is -0.0858. The quantitative estimate of drug-likeness (QED) is 0.0176. The molecule has 2 aliphatic rings. The minimum Gasteiger partial charge on any atom is -0.481 e. The number of rotatable bonds is 33. The van der Waals surface area contributed by atoms with Crippen molar-refractivity contribution in [3.8, 4) is 0 Å².